The number of carbonyl (C=O) groups excluding carboxylic acids is 1. The van der Waals surface area contributed by atoms with Crippen LogP contribution < -0.4 is 5.32 Å². The molecular formula is C14H20N2O3. The molecule has 0 aliphatic rings. The molecule has 5 heteroatoms. The summed E-state index contributed by atoms with van der Waals surface area (Å²) >= 11 is 0. The van der Waals surface area contributed by atoms with Crippen LogP contribution in [0.1, 0.15) is 25.8 Å². The topological polar surface area (TPSA) is 79.3 Å². The van der Waals surface area contributed by atoms with Gasteiger partial charge in [-0.25, -0.2) is 0 Å². The molecule has 0 saturated heterocycles. The molecule has 2 N–H and O–H groups in total. The molecule has 0 aliphatic heterocycles. The number of aryl methyl sites for hydroxylation is 1. The summed E-state index contributed by atoms with van der Waals surface area (Å²) in [7, 11) is 0. The number of carboxylic acid groups (broad SMARTS) is 1. The molecule has 0 fully saturated rings. The second-order valence-corrected chi connectivity index (χ2v) is 4.85. The lowest BCUT2D eigenvalue weighted by Gasteiger charge is -2.16. The first-order valence-corrected chi connectivity index (χ1v) is 6.39. The largest absolute Gasteiger partial charge is 0.481 e. The molecule has 0 saturated carbocycles. The zero-order valence-electron chi connectivity index (χ0n) is 11.3. The van der Waals surface area contributed by atoms with Crippen LogP contribution in [0.4, 0.5) is 0 Å². The molecule has 0 radical (unpaired) electrons. The summed E-state index contributed by atoms with van der Waals surface area (Å²) in [5.41, 5.74) is 1.05. The third-order valence-corrected chi connectivity index (χ3v) is 3.03. The van der Waals surface area contributed by atoms with Crippen LogP contribution in [0.5, 0.6) is 0 Å². The van der Waals surface area contributed by atoms with Crippen molar-refractivity contribution in [2.24, 2.45) is 11.8 Å². The molecule has 1 unspecified atom stereocenters. The number of rotatable bonds is 7. The molecule has 1 atom stereocenters. The average molecular weight is 264 g/mol. The lowest BCUT2D eigenvalue weighted by atomic mass is 9.96. The summed E-state index contributed by atoms with van der Waals surface area (Å²) in [6, 6.07) is 3.73. The van der Waals surface area contributed by atoms with E-state index in [1.807, 2.05) is 26.0 Å². The van der Waals surface area contributed by atoms with E-state index in [9.17, 15) is 9.59 Å². The molecule has 1 aromatic rings. The monoisotopic (exact) mass is 264 g/mol. The smallest absolute Gasteiger partial charge is 0.308 e. The highest BCUT2D eigenvalue weighted by molar-refractivity contribution is 5.77. The van der Waals surface area contributed by atoms with E-state index in [1.165, 1.54) is 0 Å². The van der Waals surface area contributed by atoms with Crippen LogP contribution in [0.15, 0.2) is 24.5 Å². The summed E-state index contributed by atoms with van der Waals surface area (Å²) in [4.78, 5) is 26.5. The number of nitrogens with zero attached hydrogens (tertiary/aromatic N) is 1. The minimum Gasteiger partial charge on any atom is -0.481 e. The maximum atomic E-state index is 11.6. The van der Waals surface area contributed by atoms with E-state index in [4.69, 9.17) is 5.11 Å². The van der Waals surface area contributed by atoms with Crippen molar-refractivity contribution in [2.75, 3.05) is 6.54 Å². The number of hydrogen-bond donors (Lipinski definition) is 2. The quantitative estimate of drug-likeness (QED) is 0.782. The number of pyridine rings is 1. The summed E-state index contributed by atoms with van der Waals surface area (Å²) in [5.74, 6) is -1.53. The predicted octanol–water partition coefficient (Wildman–Crippen LogP) is 1.49. The number of aromatic nitrogens is 1. The van der Waals surface area contributed by atoms with Crippen LogP contribution >= 0.6 is 0 Å². The van der Waals surface area contributed by atoms with Crippen molar-refractivity contribution in [3.05, 3.63) is 30.1 Å². The molecule has 1 amide bonds. The number of amides is 1. The van der Waals surface area contributed by atoms with Crippen molar-refractivity contribution in [3.63, 3.8) is 0 Å². The average Bonchev–Trinajstić information content (AvgIpc) is 2.37. The van der Waals surface area contributed by atoms with Crippen LogP contribution in [-0.2, 0) is 16.0 Å². The van der Waals surface area contributed by atoms with Crippen molar-refractivity contribution in [3.8, 4) is 0 Å². The maximum absolute atomic E-state index is 11.6. The van der Waals surface area contributed by atoms with Crippen LogP contribution in [0.25, 0.3) is 0 Å². The highest BCUT2D eigenvalue weighted by atomic mass is 16.4. The van der Waals surface area contributed by atoms with Gasteiger partial charge in [0.05, 0.1) is 5.92 Å². The molecule has 0 aliphatic carbocycles. The Bertz CT molecular complexity index is 418. The van der Waals surface area contributed by atoms with E-state index < -0.39 is 11.9 Å². The summed E-state index contributed by atoms with van der Waals surface area (Å²) in [6.45, 7) is 3.85. The fourth-order valence-corrected chi connectivity index (χ4v) is 1.73. The van der Waals surface area contributed by atoms with Crippen molar-refractivity contribution in [2.45, 2.75) is 26.7 Å². The van der Waals surface area contributed by atoms with Gasteiger partial charge in [-0.3, -0.25) is 14.6 Å². The van der Waals surface area contributed by atoms with Crippen LogP contribution in [0.3, 0.4) is 0 Å². The van der Waals surface area contributed by atoms with E-state index >= 15 is 0 Å². The highest BCUT2D eigenvalue weighted by Gasteiger charge is 2.21. The predicted molar refractivity (Wildman–Crippen MR) is 71.5 cm³/mol. The highest BCUT2D eigenvalue weighted by Crippen LogP contribution is 2.09. The van der Waals surface area contributed by atoms with E-state index in [0.717, 1.165) is 5.56 Å². The second-order valence-electron chi connectivity index (χ2n) is 4.85. The Morgan fingerprint density at radius 2 is 1.95 bits per heavy atom. The van der Waals surface area contributed by atoms with Crippen LogP contribution in [0, 0.1) is 11.8 Å². The molecule has 1 rings (SSSR count). The van der Waals surface area contributed by atoms with Gasteiger partial charge in [-0.2, -0.15) is 0 Å². The number of aliphatic carboxylic acids is 1. The fraction of sp³-hybridized carbons (Fsp3) is 0.500. The minimum atomic E-state index is -0.871. The first kappa shape index (κ1) is 15.1. The summed E-state index contributed by atoms with van der Waals surface area (Å²) in [5, 5.41) is 11.7. The van der Waals surface area contributed by atoms with Gasteiger partial charge in [0.25, 0.3) is 0 Å². The Morgan fingerprint density at radius 3 is 2.47 bits per heavy atom. The van der Waals surface area contributed by atoms with Gasteiger partial charge in [-0.15, -0.1) is 0 Å². The van der Waals surface area contributed by atoms with Crippen LogP contribution in [0.2, 0.25) is 0 Å². The molecule has 0 bridgehead atoms. The molecular weight excluding hydrogens is 244 g/mol. The van der Waals surface area contributed by atoms with Crippen molar-refractivity contribution in [1.82, 2.24) is 10.3 Å². The zero-order valence-corrected chi connectivity index (χ0v) is 11.3. The molecule has 0 spiro atoms. The van der Waals surface area contributed by atoms with Gasteiger partial charge >= 0.3 is 5.97 Å². The molecule has 1 heterocycles. The SMILES string of the molecule is CC(C)C(CNC(=O)CCc1ccncc1)C(=O)O. The Balaban J connectivity index is 2.33. The lowest BCUT2D eigenvalue weighted by molar-refractivity contribution is -0.143. The van der Waals surface area contributed by atoms with E-state index in [1.54, 1.807) is 12.4 Å². The standard InChI is InChI=1S/C14H20N2O3/c1-10(2)12(14(18)19)9-16-13(17)4-3-11-5-7-15-8-6-11/h5-8,10,12H,3-4,9H2,1-2H3,(H,16,17)(H,18,19). The number of hydrogen-bond acceptors (Lipinski definition) is 3. The van der Waals surface area contributed by atoms with Gasteiger partial charge in [0.15, 0.2) is 0 Å². The van der Waals surface area contributed by atoms with Gasteiger partial charge in [0, 0.05) is 25.4 Å². The normalized spacial score (nSPS) is 12.2. The Labute approximate surface area is 113 Å². The van der Waals surface area contributed by atoms with Crippen LogP contribution in [-0.4, -0.2) is 28.5 Å². The van der Waals surface area contributed by atoms with Crippen molar-refractivity contribution < 1.29 is 14.7 Å². The van der Waals surface area contributed by atoms with Crippen molar-refractivity contribution >= 4 is 11.9 Å². The second kappa shape index (κ2) is 7.51. The Morgan fingerprint density at radius 1 is 1.32 bits per heavy atom. The van der Waals surface area contributed by atoms with Crippen molar-refractivity contribution in [1.29, 1.82) is 0 Å². The van der Waals surface area contributed by atoms with Gasteiger partial charge in [-0.1, -0.05) is 13.8 Å². The third-order valence-electron chi connectivity index (χ3n) is 3.03. The summed E-state index contributed by atoms with van der Waals surface area (Å²) in [6.07, 6.45) is 4.36. The van der Waals surface area contributed by atoms with E-state index in [0.29, 0.717) is 12.8 Å². The van der Waals surface area contributed by atoms with Gasteiger partial charge in [0.2, 0.25) is 5.91 Å². The molecule has 0 aromatic carbocycles. The number of nitrogens with one attached hydrogen (secondary N) is 1. The van der Waals surface area contributed by atoms with Gasteiger partial charge in [0.1, 0.15) is 0 Å². The van der Waals surface area contributed by atoms with E-state index in [2.05, 4.69) is 10.3 Å². The number of carboxylic acids is 1. The Kier molecular flexibility index (Phi) is 5.99. The fourth-order valence-electron chi connectivity index (χ4n) is 1.73. The van der Waals surface area contributed by atoms with E-state index in [-0.39, 0.29) is 18.4 Å². The molecule has 104 valence electrons. The first-order chi connectivity index (χ1) is 9.00. The first-order valence-electron chi connectivity index (χ1n) is 6.39. The maximum Gasteiger partial charge on any atom is 0.308 e. The molecule has 19 heavy (non-hydrogen) atoms. The van der Waals surface area contributed by atoms with Gasteiger partial charge < -0.3 is 10.4 Å². The van der Waals surface area contributed by atoms with Gasteiger partial charge in [-0.05, 0) is 30.0 Å². The zero-order chi connectivity index (χ0) is 14.3. The molecule has 1 aromatic heterocycles. The summed E-state index contributed by atoms with van der Waals surface area (Å²) < 4.78 is 0. The lowest BCUT2D eigenvalue weighted by Crippen LogP contribution is -2.35. The number of carbonyl (C=O) groups is 2. The minimum absolute atomic E-state index is 0.00185. The molecule has 5 nitrogen and oxygen atoms in total. The Hall–Kier alpha value is -1.91. The third kappa shape index (κ3) is 5.50.